The van der Waals surface area contributed by atoms with Gasteiger partial charge in [0.2, 0.25) is 11.8 Å². The van der Waals surface area contributed by atoms with Crippen LogP contribution in [0.15, 0.2) is 0 Å². The number of carbonyl (C=O) groups excluding carboxylic acids is 2. The third kappa shape index (κ3) is 9.47. The van der Waals surface area contributed by atoms with E-state index in [2.05, 4.69) is 24.5 Å². The Hall–Kier alpha value is -1.10. The van der Waals surface area contributed by atoms with E-state index in [1.54, 1.807) is 11.9 Å². The molecule has 2 amide bonds. The fraction of sp³-hybridized carbons (Fsp3) is 0.857. The third-order valence-corrected chi connectivity index (χ3v) is 2.73. The zero-order chi connectivity index (χ0) is 15.2. The second kappa shape index (κ2) is 7.48. The lowest BCUT2D eigenvalue weighted by Gasteiger charge is -2.24. The van der Waals surface area contributed by atoms with Crippen molar-refractivity contribution in [1.82, 2.24) is 15.5 Å². The molecule has 19 heavy (non-hydrogen) atoms. The molecule has 0 saturated heterocycles. The Labute approximate surface area is 117 Å². The summed E-state index contributed by atoms with van der Waals surface area (Å²) in [5.41, 5.74) is -0.244. The lowest BCUT2D eigenvalue weighted by atomic mass is 10.1. The summed E-state index contributed by atoms with van der Waals surface area (Å²) < 4.78 is 0. The minimum absolute atomic E-state index is 0.0488. The average molecular weight is 271 g/mol. The van der Waals surface area contributed by atoms with Crippen molar-refractivity contribution in [1.29, 1.82) is 0 Å². The van der Waals surface area contributed by atoms with Crippen LogP contribution in [0.5, 0.6) is 0 Å². The first-order valence-electron chi connectivity index (χ1n) is 6.80. The smallest absolute Gasteiger partial charge is 0.234 e. The van der Waals surface area contributed by atoms with Gasteiger partial charge in [-0.3, -0.25) is 14.5 Å². The van der Waals surface area contributed by atoms with Crippen molar-refractivity contribution >= 4 is 11.8 Å². The summed E-state index contributed by atoms with van der Waals surface area (Å²) in [4.78, 5) is 25.2. The molecule has 0 aliphatic carbocycles. The first-order chi connectivity index (χ1) is 8.51. The number of hydrogen-bond donors (Lipinski definition) is 2. The largest absolute Gasteiger partial charge is 0.352 e. The van der Waals surface area contributed by atoms with Crippen LogP contribution in [0.2, 0.25) is 0 Å². The van der Waals surface area contributed by atoms with E-state index in [1.165, 1.54) is 0 Å². The molecule has 0 radical (unpaired) electrons. The molecule has 0 heterocycles. The summed E-state index contributed by atoms with van der Waals surface area (Å²) in [7, 11) is 1.77. The van der Waals surface area contributed by atoms with Crippen molar-refractivity contribution in [2.45, 2.75) is 53.1 Å². The number of nitrogens with one attached hydrogen (secondary N) is 2. The van der Waals surface area contributed by atoms with Crippen LogP contribution in [0.4, 0.5) is 0 Å². The normalized spacial score (nSPS) is 13.5. The number of likely N-dealkylation sites (N-methyl/N-ethyl adjacent to an activating group) is 1. The monoisotopic (exact) mass is 271 g/mol. The molecule has 5 heteroatoms. The van der Waals surface area contributed by atoms with E-state index in [1.807, 2.05) is 27.7 Å². The van der Waals surface area contributed by atoms with Gasteiger partial charge in [-0.25, -0.2) is 0 Å². The molecular formula is C14H29N3O2. The van der Waals surface area contributed by atoms with Crippen LogP contribution in [-0.2, 0) is 9.59 Å². The summed E-state index contributed by atoms with van der Waals surface area (Å²) in [6, 6.07) is 0.143. The van der Waals surface area contributed by atoms with Crippen LogP contribution in [-0.4, -0.2) is 48.4 Å². The number of amides is 2. The van der Waals surface area contributed by atoms with E-state index < -0.39 is 0 Å². The van der Waals surface area contributed by atoms with Gasteiger partial charge in [-0.15, -0.1) is 0 Å². The average Bonchev–Trinajstić information content (AvgIpc) is 2.12. The van der Waals surface area contributed by atoms with Crippen LogP contribution < -0.4 is 10.6 Å². The molecule has 0 bridgehead atoms. The lowest BCUT2D eigenvalue weighted by molar-refractivity contribution is -0.125. The SMILES string of the molecule is CC(C)C(C)NC(=O)CN(C)CC(=O)NC(C)(C)C. The van der Waals surface area contributed by atoms with E-state index in [0.717, 1.165) is 0 Å². The van der Waals surface area contributed by atoms with Gasteiger partial charge in [0.05, 0.1) is 13.1 Å². The number of carbonyl (C=O) groups is 2. The van der Waals surface area contributed by atoms with Gasteiger partial charge >= 0.3 is 0 Å². The van der Waals surface area contributed by atoms with E-state index in [-0.39, 0.29) is 36.5 Å². The summed E-state index contributed by atoms with van der Waals surface area (Å²) in [5, 5.41) is 5.79. The van der Waals surface area contributed by atoms with Crippen LogP contribution in [0.1, 0.15) is 41.5 Å². The van der Waals surface area contributed by atoms with E-state index in [4.69, 9.17) is 0 Å². The minimum Gasteiger partial charge on any atom is -0.352 e. The van der Waals surface area contributed by atoms with Crippen molar-refractivity contribution in [2.75, 3.05) is 20.1 Å². The highest BCUT2D eigenvalue weighted by atomic mass is 16.2. The first-order valence-corrected chi connectivity index (χ1v) is 6.80. The molecule has 0 aromatic rings. The van der Waals surface area contributed by atoms with E-state index in [0.29, 0.717) is 5.92 Å². The molecule has 0 rings (SSSR count). The molecule has 0 aliphatic heterocycles. The highest BCUT2D eigenvalue weighted by molar-refractivity contribution is 5.81. The van der Waals surface area contributed by atoms with Crippen molar-refractivity contribution in [3.8, 4) is 0 Å². The van der Waals surface area contributed by atoms with Gasteiger partial charge in [0.25, 0.3) is 0 Å². The second-order valence-corrected chi connectivity index (χ2v) is 6.57. The van der Waals surface area contributed by atoms with Gasteiger partial charge in [-0.2, -0.15) is 0 Å². The minimum atomic E-state index is -0.244. The first kappa shape index (κ1) is 17.9. The Morgan fingerprint density at radius 2 is 1.53 bits per heavy atom. The van der Waals surface area contributed by atoms with Crippen molar-refractivity contribution in [2.24, 2.45) is 5.92 Å². The van der Waals surface area contributed by atoms with Crippen molar-refractivity contribution < 1.29 is 9.59 Å². The quantitative estimate of drug-likeness (QED) is 0.757. The van der Waals surface area contributed by atoms with Gasteiger partial charge in [0.1, 0.15) is 0 Å². The maximum absolute atomic E-state index is 11.8. The van der Waals surface area contributed by atoms with Crippen LogP contribution >= 0.6 is 0 Å². The molecule has 0 saturated carbocycles. The molecule has 5 nitrogen and oxygen atoms in total. The fourth-order valence-electron chi connectivity index (χ4n) is 1.47. The molecule has 0 aromatic carbocycles. The molecule has 112 valence electrons. The highest BCUT2D eigenvalue weighted by Crippen LogP contribution is 2.00. The Morgan fingerprint density at radius 1 is 1.05 bits per heavy atom. The standard InChI is InChI=1S/C14H29N3O2/c1-10(2)11(3)15-12(18)8-17(7)9-13(19)16-14(4,5)6/h10-11H,8-9H2,1-7H3,(H,15,18)(H,16,19). The lowest BCUT2D eigenvalue weighted by Crippen LogP contribution is -2.47. The van der Waals surface area contributed by atoms with Gasteiger partial charge < -0.3 is 10.6 Å². The second-order valence-electron chi connectivity index (χ2n) is 6.57. The Balaban J connectivity index is 4.07. The molecule has 2 N–H and O–H groups in total. The van der Waals surface area contributed by atoms with Crippen LogP contribution in [0, 0.1) is 5.92 Å². The predicted octanol–water partition coefficient (Wildman–Crippen LogP) is 0.994. The molecule has 0 aliphatic rings. The van der Waals surface area contributed by atoms with Crippen molar-refractivity contribution in [3.63, 3.8) is 0 Å². The summed E-state index contributed by atoms with van der Waals surface area (Å²) >= 11 is 0. The van der Waals surface area contributed by atoms with E-state index in [9.17, 15) is 9.59 Å². The Bertz CT molecular complexity index is 308. The molecule has 1 atom stereocenters. The van der Waals surface area contributed by atoms with Crippen molar-refractivity contribution in [3.05, 3.63) is 0 Å². The molecule has 0 aromatic heterocycles. The fourth-order valence-corrected chi connectivity index (χ4v) is 1.47. The maximum Gasteiger partial charge on any atom is 0.234 e. The highest BCUT2D eigenvalue weighted by Gasteiger charge is 2.17. The van der Waals surface area contributed by atoms with Gasteiger partial charge in [0, 0.05) is 11.6 Å². The van der Waals surface area contributed by atoms with Gasteiger partial charge in [-0.05, 0) is 40.7 Å². The molecule has 0 spiro atoms. The molecule has 0 fully saturated rings. The Morgan fingerprint density at radius 3 is 1.95 bits per heavy atom. The summed E-state index contributed by atoms with van der Waals surface area (Å²) in [6.45, 7) is 12.4. The summed E-state index contributed by atoms with van der Waals surface area (Å²) in [6.07, 6.45) is 0. The molecular weight excluding hydrogens is 242 g/mol. The maximum atomic E-state index is 11.8. The number of nitrogens with zero attached hydrogens (tertiary/aromatic N) is 1. The van der Waals surface area contributed by atoms with Gasteiger partial charge in [-0.1, -0.05) is 13.8 Å². The Kier molecular flexibility index (Phi) is 7.05. The zero-order valence-corrected chi connectivity index (χ0v) is 13.3. The zero-order valence-electron chi connectivity index (χ0n) is 13.3. The predicted molar refractivity (Wildman–Crippen MR) is 77.8 cm³/mol. The van der Waals surface area contributed by atoms with E-state index >= 15 is 0 Å². The van der Waals surface area contributed by atoms with Crippen LogP contribution in [0.3, 0.4) is 0 Å². The molecule has 1 unspecified atom stereocenters. The number of hydrogen-bond acceptors (Lipinski definition) is 3. The van der Waals surface area contributed by atoms with Crippen LogP contribution in [0.25, 0.3) is 0 Å². The summed E-state index contributed by atoms with van der Waals surface area (Å²) in [5.74, 6) is 0.283. The number of rotatable bonds is 6. The topological polar surface area (TPSA) is 61.4 Å². The van der Waals surface area contributed by atoms with Gasteiger partial charge in [0.15, 0.2) is 0 Å². The third-order valence-electron chi connectivity index (χ3n) is 2.73.